The first-order valence-electron chi connectivity index (χ1n) is 3.45. The fourth-order valence-corrected chi connectivity index (χ4v) is 0.744. The first-order chi connectivity index (χ1) is 4.66. The van der Waals surface area contributed by atoms with Gasteiger partial charge in [-0.2, -0.15) is 0 Å². The van der Waals surface area contributed by atoms with Crippen LogP contribution < -0.4 is 0 Å². The summed E-state index contributed by atoms with van der Waals surface area (Å²) in [7, 11) is 0. The number of hydrogen-bond acceptors (Lipinski definition) is 2. The van der Waals surface area contributed by atoms with Gasteiger partial charge >= 0.3 is 0 Å². The molecule has 0 aliphatic heterocycles. The standard InChI is InChI=1S/C8H14O2/c1-3-4-5-8(10)6-7(2)9/h3,8,10H,1,4-6H2,2H3/t8-/m0/s1. The van der Waals surface area contributed by atoms with Crippen molar-refractivity contribution >= 4 is 5.78 Å². The van der Waals surface area contributed by atoms with Gasteiger partial charge in [-0.05, 0) is 19.8 Å². The van der Waals surface area contributed by atoms with E-state index in [4.69, 9.17) is 5.11 Å². The van der Waals surface area contributed by atoms with Crippen molar-refractivity contribution in [2.24, 2.45) is 0 Å². The second-order valence-corrected chi connectivity index (χ2v) is 2.43. The molecular weight excluding hydrogens is 128 g/mol. The second-order valence-electron chi connectivity index (χ2n) is 2.43. The second kappa shape index (κ2) is 5.18. The molecule has 0 unspecified atom stereocenters. The molecule has 0 aromatic rings. The van der Waals surface area contributed by atoms with Gasteiger partial charge in [0.1, 0.15) is 5.78 Å². The zero-order valence-electron chi connectivity index (χ0n) is 6.34. The van der Waals surface area contributed by atoms with E-state index in [2.05, 4.69) is 6.58 Å². The Balaban J connectivity index is 3.33. The molecule has 0 saturated carbocycles. The molecule has 2 nitrogen and oxygen atoms in total. The molecule has 0 bridgehead atoms. The van der Waals surface area contributed by atoms with E-state index in [1.165, 1.54) is 6.92 Å². The molecule has 0 spiro atoms. The van der Waals surface area contributed by atoms with Crippen molar-refractivity contribution in [3.63, 3.8) is 0 Å². The third-order valence-electron chi connectivity index (χ3n) is 1.23. The number of carbonyl (C=O) groups is 1. The first-order valence-corrected chi connectivity index (χ1v) is 3.45. The molecule has 0 aliphatic carbocycles. The van der Waals surface area contributed by atoms with Gasteiger partial charge < -0.3 is 5.11 Å². The molecule has 2 heteroatoms. The number of ketones is 1. The van der Waals surface area contributed by atoms with Crippen molar-refractivity contribution in [2.45, 2.75) is 32.3 Å². The van der Waals surface area contributed by atoms with Gasteiger partial charge in [0, 0.05) is 6.42 Å². The van der Waals surface area contributed by atoms with Crippen molar-refractivity contribution < 1.29 is 9.90 Å². The molecule has 0 heterocycles. The fraction of sp³-hybridized carbons (Fsp3) is 0.625. The lowest BCUT2D eigenvalue weighted by Gasteiger charge is -2.04. The molecule has 58 valence electrons. The van der Waals surface area contributed by atoms with E-state index in [0.717, 1.165) is 6.42 Å². The molecule has 1 atom stereocenters. The number of Topliss-reactive ketones (excluding diaryl/α,β-unsaturated/α-hetero) is 1. The van der Waals surface area contributed by atoms with Crippen molar-refractivity contribution in [2.75, 3.05) is 0 Å². The summed E-state index contributed by atoms with van der Waals surface area (Å²) in [5, 5.41) is 9.08. The summed E-state index contributed by atoms with van der Waals surface area (Å²) in [6.45, 7) is 5.00. The molecule has 0 fully saturated rings. The van der Waals surface area contributed by atoms with Gasteiger partial charge in [0.2, 0.25) is 0 Å². The predicted octanol–water partition coefficient (Wildman–Crippen LogP) is 1.29. The summed E-state index contributed by atoms with van der Waals surface area (Å²) in [6, 6.07) is 0. The molecule has 0 radical (unpaired) electrons. The third-order valence-corrected chi connectivity index (χ3v) is 1.23. The van der Waals surface area contributed by atoms with Crippen molar-refractivity contribution in [3.05, 3.63) is 12.7 Å². The zero-order chi connectivity index (χ0) is 7.98. The highest BCUT2D eigenvalue weighted by Crippen LogP contribution is 2.01. The van der Waals surface area contributed by atoms with Crippen LogP contribution in [-0.2, 0) is 4.79 Å². The Labute approximate surface area is 61.6 Å². The maximum atomic E-state index is 10.4. The van der Waals surface area contributed by atoms with Gasteiger partial charge in [-0.15, -0.1) is 6.58 Å². The number of aliphatic hydroxyl groups is 1. The summed E-state index contributed by atoms with van der Waals surface area (Å²) in [4.78, 5) is 10.4. The fourth-order valence-electron chi connectivity index (χ4n) is 0.744. The highest BCUT2D eigenvalue weighted by Gasteiger charge is 2.04. The lowest BCUT2D eigenvalue weighted by atomic mass is 10.1. The van der Waals surface area contributed by atoms with E-state index in [1.54, 1.807) is 6.08 Å². The maximum Gasteiger partial charge on any atom is 0.132 e. The minimum Gasteiger partial charge on any atom is -0.393 e. The molecule has 0 rings (SSSR count). The van der Waals surface area contributed by atoms with Crippen LogP contribution in [0, 0.1) is 0 Å². The number of hydrogen-bond donors (Lipinski definition) is 1. The van der Waals surface area contributed by atoms with Crippen LogP contribution in [-0.4, -0.2) is 17.0 Å². The molecular formula is C8H14O2. The van der Waals surface area contributed by atoms with E-state index < -0.39 is 6.10 Å². The lowest BCUT2D eigenvalue weighted by Crippen LogP contribution is -2.10. The molecule has 1 N–H and O–H groups in total. The van der Waals surface area contributed by atoms with Gasteiger partial charge in [-0.25, -0.2) is 0 Å². The summed E-state index contributed by atoms with van der Waals surface area (Å²) in [5.41, 5.74) is 0. The van der Waals surface area contributed by atoms with E-state index in [0.29, 0.717) is 6.42 Å². The quantitative estimate of drug-likeness (QED) is 0.587. The monoisotopic (exact) mass is 142 g/mol. The van der Waals surface area contributed by atoms with E-state index in [-0.39, 0.29) is 12.2 Å². The topological polar surface area (TPSA) is 37.3 Å². The Morgan fingerprint density at radius 3 is 2.80 bits per heavy atom. The molecule has 0 aromatic heterocycles. The SMILES string of the molecule is C=CCC[C@H](O)CC(C)=O. The summed E-state index contributed by atoms with van der Waals surface area (Å²) in [6.07, 6.45) is 2.95. The first kappa shape index (κ1) is 9.37. The maximum absolute atomic E-state index is 10.4. The lowest BCUT2D eigenvalue weighted by molar-refractivity contribution is -0.118. The number of aliphatic hydroxyl groups excluding tert-OH is 1. The van der Waals surface area contributed by atoms with Crippen molar-refractivity contribution in [1.29, 1.82) is 0 Å². The number of carbonyl (C=O) groups excluding carboxylic acids is 1. The van der Waals surface area contributed by atoms with Crippen LogP contribution in [0.5, 0.6) is 0 Å². The van der Waals surface area contributed by atoms with Gasteiger partial charge in [0.25, 0.3) is 0 Å². The normalized spacial score (nSPS) is 12.6. The molecule has 0 amide bonds. The molecule has 0 saturated heterocycles. The average molecular weight is 142 g/mol. The zero-order valence-corrected chi connectivity index (χ0v) is 6.34. The minimum atomic E-state index is -0.476. The smallest absolute Gasteiger partial charge is 0.132 e. The highest BCUT2D eigenvalue weighted by molar-refractivity contribution is 5.75. The van der Waals surface area contributed by atoms with Gasteiger partial charge in [-0.1, -0.05) is 6.08 Å². The van der Waals surface area contributed by atoms with Gasteiger partial charge in [0.05, 0.1) is 6.10 Å². The summed E-state index contributed by atoms with van der Waals surface area (Å²) >= 11 is 0. The van der Waals surface area contributed by atoms with E-state index >= 15 is 0 Å². The van der Waals surface area contributed by atoms with Crippen LogP contribution in [0.15, 0.2) is 12.7 Å². The highest BCUT2D eigenvalue weighted by atomic mass is 16.3. The number of rotatable bonds is 5. The Hall–Kier alpha value is -0.630. The summed E-state index contributed by atoms with van der Waals surface area (Å²) < 4.78 is 0. The Kier molecular flexibility index (Phi) is 4.85. The molecule has 10 heavy (non-hydrogen) atoms. The van der Waals surface area contributed by atoms with Crippen LogP contribution in [0.4, 0.5) is 0 Å². The van der Waals surface area contributed by atoms with E-state index in [1.807, 2.05) is 0 Å². The number of allylic oxidation sites excluding steroid dienone is 1. The largest absolute Gasteiger partial charge is 0.393 e. The minimum absolute atomic E-state index is 0.0385. The Morgan fingerprint density at radius 2 is 2.40 bits per heavy atom. The molecule has 0 aromatic carbocycles. The molecule has 0 aliphatic rings. The van der Waals surface area contributed by atoms with Crippen LogP contribution in [0.25, 0.3) is 0 Å². The van der Waals surface area contributed by atoms with Crippen LogP contribution in [0.3, 0.4) is 0 Å². The van der Waals surface area contributed by atoms with E-state index in [9.17, 15) is 4.79 Å². The van der Waals surface area contributed by atoms with Crippen LogP contribution >= 0.6 is 0 Å². The van der Waals surface area contributed by atoms with Crippen LogP contribution in [0.2, 0.25) is 0 Å². The van der Waals surface area contributed by atoms with Crippen molar-refractivity contribution in [3.8, 4) is 0 Å². The average Bonchev–Trinajstić information content (AvgIpc) is 1.82. The predicted molar refractivity (Wildman–Crippen MR) is 40.7 cm³/mol. The van der Waals surface area contributed by atoms with Crippen LogP contribution in [0.1, 0.15) is 26.2 Å². The Morgan fingerprint density at radius 1 is 1.80 bits per heavy atom. The van der Waals surface area contributed by atoms with Gasteiger partial charge in [0.15, 0.2) is 0 Å². The third kappa shape index (κ3) is 5.51. The Bertz CT molecular complexity index is 118. The summed E-state index contributed by atoms with van der Waals surface area (Å²) in [5.74, 6) is 0.0385. The van der Waals surface area contributed by atoms with Gasteiger partial charge in [-0.3, -0.25) is 4.79 Å². The van der Waals surface area contributed by atoms with Crippen molar-refractivity contribution in [1.82, 2.24) is 0 Å².